The van der Waals surface area contributed by atoms with Crippen molar-refractivity contribution in [3.8, 4) is 0 Å². The van der Waals surface area contributed by atoms with Crippen molar-refractivity contribution < 1.29 is 18.0 Å². The van der Waals surface area contributed by atoms with Crippen molar-refractivity contribution in [3.05, 3.63) is 48.0 Å². The smallest absolute Gasteiger partial charge is 0.287 e. The number of fused-ring (bicyclic) bond motifs is 1. The molecular formula is C14H11F3OS. The van der Waals surface area contributed by atoms with E-state index in [1.54, 1.807) is 12.1 Å². The number of carbonyl (C=O) groups excluding carboxylic acids is 1. The molecule has 0 amide bonds. The molecule has 0 N–H and O–H groups in total. The van der Waals surface area contributed by atoms with E-state index in [0.717, 1.165) is 16.3 Å². The lowest BCUT2D eigenvalue weighted by Crippen LogP contribution is -2.13. The Bertz CT molecular complexity index is 587. The zero-order valence-corrected chi connectivity index (χ0v) is 10.7. The molecule has 0 saturated carbocycles. The van der Waals surface area contributed by atoms with E-state index in [1.165, 1.54) is 0 Å². The third-order valence-electron chi connectivity index (χ3n) is 2.61. The summed E-state index contributed by atoms with van der Waals surface area (Å²) >= 11 is 0.323. The second-order valence-electron chi connectivity index (χ2n) is 4.09. The van der Waals surface area contributed by atoms with Crippen LogP contribution in [0.25, 0.3) is 10.8 Å². The Morgan fingerprint density at radius 2 is 1.74 bits per heavy atom. The maximum absolute atomic E-state index is 12.0. The second kappa shape index (κ2) is 5.65. The van der Waals surface area contributed by atoms with Gasteiger partial charge in [-0.3, -0.25) is 4.79 Å². The van der Waals surface area contributed by atoms with Crippen LogP contribution in [0.15, 0.2) is 42.5 Å². The Morgan fingerprint density at radius 1 is 1.05 bits per heavy atom. The Balaban J connectivity index is 2.11. The number of thioether (sulfide) groups is 1. The van der Waals surface area contributed by atoms with Gasteiger partial charge in [0.1, 0.15) is 0 Å². The summed E-state index contributed by atoms with van der Waals surface area (Å²) in [6.07, 6.45) is -4.29. The molecule has 5 heteroatoms. The molecule has 2 aromatic rings. The number of hydrogen-bond donors (Lipinski definition) is 0. The highest BCUT2D eigenvalue weighted by atomic mass is 32.2. The van der Waals surface area contributed by atoms with E-state index in [1.807, 2.05) is 30.3 Å². The lowest BCUT2D eigenvalue weighted by molar-refractivity contribution is -0.113. The predicted molar refractivity (Wildman–Crippen MR) is 71.2 cm³/mol. The number of hydrogen-bond acceptors (Lipinski definition) is 2. The summed E-state index contributed by atoms with van der Waals surface area (Å²) < 4.78 is 36.1. The number of rotatable bonds is 3. The summed E-state index contributed by atoms with van der Waals surface area (Å²) in [6.45, 7) is 0. The number of halogens is 3. The molecule has 2 rings (SSSR count). The Hall–Kier alpha value is -1.49. The van der Waals surface area contributed by atoms with Gasteiger partial charge in [-0.15, -0.1) is 0 Å². The Labute approximate surface area is 112 Å². The quantitative estimate of drug-likeness (QED) is 0.840. The number of carbonyl (C=O) groups is 1. The van der Waals surface area contributed by atoms with Crippen LogP contribution in [-0.2, 0) is 11.2 Å². The average molecular weight is 284 g/mol. The third kappa shape index (κ3) is 3.99. The molecular weight excluding hydrogens is 273 g/mol. The van der Waals surface area contributed by atoms with Crippen LogP contribution < -0.4 is 0 Å². The molecule has 0 fully saturated rings. The fourth-order valence-corrected chi connectivity index (χ4v) is 2.40. The first-order valence-electron chi connectivity index (χ1n) is 5.65. The molecule has 0 spiro atoms. The molecule has 2 aromatic carbocycles. The lowest BCUT2D eigenvalue weighted by atomic mass is 10.0. The molecule has 0 bridgehead atoms. The van der Waals surface area contributed by atoms with Gasteiger partial charge in [0.15, 0.2) is 5.12 Å². The van der Waals surface area contributed by atoms with Gasteiger partial charge in [-0.05, 0) is 16.3 Å². The summed E-state index contributed by atoms with van der Waals surface area (Å²) in [5.74, 6) is -1.13. The summed E-state index contributed by atoms with van der Waals surface area (Å²) in [6, 6.07) is 13.0. The molecule has 1 nitrogen and oxygen atoms in total. The predicted octanol–water partition coefficient (Wildman–Crippen LogP) is 4.20. The van der Waals surface area contributed by atoms with Gasteiger partial charge in [0.05, 0.1) is 5.75 Å². The highest BCUT2D eigenvalue weighted by Gasteiger charge is 2.28. The molecule has 0 heterocycles. The summed E-state index contributed by atoms with van der Waals surface area (Å²) in [5.41, 5.74) is 0.762. The van der Waals surface area contributed by atoms with Gasteiger partial charge in [-0.25, -0.2) is 0 Å². The van der Waals surface area contributed by atoms with Gasteiger partial charge in [-0.1, -0.05) is 54.2 Å². The van der Waals surface area contributed by atoms with E-state index >= 15 is 0 Å². The molecule has 0 aliphatic heterocycles. The zero-order valence-electron chi connectivity index (χ0n) is 9.91. The van der Waals surface area contributed by atoms with Crippen molar-refractivity contribution in [2.24, 2.45) is 0 Å². The van der Waals surface area contributed by atoms with E-state index in [2.05, 4.69) is 0 Å². The van der Waals surface area contributed by atoms with E-state index in [4.69, 9.17) is 0 Å². The van der Waals surface area contributed by atoms with Crippen LogP contribution in [0.2, 0.25) is 0 Å². The Kier molecular flexibility index (Phi) is 4.14. The first kappa shape index (κ1) is 13.9. The fourth-order valence-electron chi connectivity index (χ4n) is 1.82. The van der Waals surface area contributed by atoms with Crippen LogP contribution in [0.4, 0.5) is 13.2 Å². The highest BCUT2D eigenvalue weighted by Crippen LogP contribution is 2.24. The van der Waals surface area contributed by atoms with Gasteiger partial charge in [0, 0.05) is 6.42 Å². The molecule has 0 aliphatic carbocycles. The molecule has 0 atom stereocenters. The Morgan fingerprint density at radius 3 is 2.47 bits per heavy atom. The minimum Gasteiger partial charge on any atom is -0.287 e. The van der Waals surface area contributed by atoms with E-state index in [-0.39, 0.29) is 6.42 Å². The van der Waals surface area contributed by atoms with Crippen molar-refractivity contribution >= 4 is 27.6 Å². The van der Waals surface area contributed by atoms with Crippen molar-refractivity contribution in [2.75, 3.05) is 5.75 Å². The standard InChI is InChI=1S/C14H11F3OS/c15-14(16,17)9-19-13(18)8-11-6-3-5-10-4-1-2-7-12(10)11/h1-7H,8-9H2. The zero-order chi connectivity index (χ0) is 13.9. The lowest BCUT2D eigenvalue weighted by Gasteiger charge is -2.07. The van der Waals surface area contributed by atoms with Crippen LogP contribution in [0.5, 0.6) is 0 Å². The van der Waals surface area contributed by atoms with Gasteiger partial charge in [-0.2, -0.15) is 13.2 Å². The highest BCUT2D eigenvalue weighted by molar-refractivity contribution is 8.13. The molecule has 0 saturated heterocycles. The normalized spacial score (nSPS) is 11.7. The maximum Gasteiger partial charge on any atom is 0.398 e. The number of alkyl halides is 3. The van der Waals surface area contributed by atoms with Crippen LogP contribution in [0, 0.1) is 0 Å². The topological polar surface area (TPSA) is 17.1 Å². The SMILES string of the molecule is O=C(Cc1cccc2ccccc12)SCC(F)(F)F. The van der Waals surface area contributed by atoms with Crippen molar-refractivity contribution in [1.82, 2.24) is 0 Å². The molecule has 0 radical (unpaired) electrons. The van der Waals surface area contributed by atoms with Gasteiger partial charge >= 0.3 is 6.18 Å². The van der Waals surface area contributed by atoms with Crippen LogP contribution in [0.3, 0.4) is 0 Å². The van der Waals surface area contributed by atoms with Gasteiger partial charge < -0.3 is 0 Å². The molecule has 0 aromatic heterocycles. The van der Waals surface area contributed by atoms with Crippen molar-refractivity contribution in [2.45, 2.75) is 12.6 Å². The van der Waals surface area contributed by atoms with Gasteiger partial charge in [0.2, 0.25) is 0 Å². The largest absolute Gasteiger partial charge is 0.398 e. The first-order chi connectivity index (χ1) is 8.96. The second-order valence-corrected chi connectivity index (χ2v) is 5.12. The van der Waals surface area contributed by atoms with Crippen LogP contribution in [0.1, 0.15) is 5.56 Å². The van der Waals surface area contributed by atoms with Crippen LogP contribution in [-0.4, -0.2) is 17.0 Å². The summed E-state index contributed by atoms with van der Waals surface area (Å²) in [4.78, 5) is 11.6. The molecule has 0 unspecified atom stereocenters. The van der Waals surface area contributed by atoms with Crippen molar-refractivity contribution in [3.63, 3.8) is 0 Å². The van der Waals surface area contributed by atoms with Crippen molar-refractivity contribution in [1.29, 1.82) is 0 Å². The fraction of sp³-hybridized carbons (Fsp3) is 0.214. The molecule has 19 heavy (non-hydrogen) atoms. The van der Waals surface area contributed by atoms with Crippen LogP contribution >= 0.6 is 11.8 Å². The van der Waals surface area contributed by atoms with E-state index < -0.39 is 17.0 Å². The average Bonchev–Trinajstić information content (AvgIpc) is 2.36. The summed E-state index contributed by atoms with van der Waals surface area (Å²) in [7, 11) is 0. The minimum atomic E-state index is -4.31. The minimum absolute atomic E-state index is 0.0160. The summed E-state index contributed by atoms with van der Waals surface area (Å²) in [5, 5.41) is 1.42. The monoisotopic (exact) mass is 284 g/mol. The van der Waals surface area contributed by atoms with Gasteiger partial charge in [0.25, 0.3) is 0 Å². The third-order valence-corrected chi connectivity index (χ3v) is 3.55. The van der Waals surface area contributed by atoms with E-state index in [0.29, 0.717) is 11.8 Å². The van der Waals surface area contributed by atoms with E-state index in [9.17, 15) is 18.0 Å². The maximum atomic E-state index is 12.0. The first-order valence-corrected chi connectivity index (χ1v) is 6.63. The molecule has 100 valence electrons. The molecule has 0 aliphatic rings. The number of benzene rings is 2.